The van der Waals surface area contributed by atoms with Crippen LogP contribution in [0.1, 0.15) is 65.0 Å². The number of nitrogens with zero attached hydrogens (tertiary/aromatic N) is 1. The molecule has 0 N–H and O–H groups in total. The second kappa shape index (κ2) is 10.5. The molecule has 3 aromatic carbocycles. The summed E-state index contributed by atoms with van der Waals surface area (Å²) in [7, 11) is 3.37. The molecule has 40 heavy (non-hydrogen) atoms. The van der Waals surface area contributed by atoms with Crippen molar-refractivity contribution >= 4 is 44.5 Å². The molecule has 2 atom stereocenters. The minimum atomic E-state index is -1.04. The van der Waals surface area contributed by atoms with E-state index in [0.29, 0.717) is 51.7 Å². The third-order valence-electron chi connectivity index (χ3n) is 7.56. The Labute approximate surface area is 232 Å². The Bertz CT molecular complexity index is 1700. The van der Waals surface area contributed by atoms with Gasteiger partial charge in [-0.05, 0) is 49.6 Å². The van der Waals surface area contributed by atoms with Gasteiger partial charge in [-0.25, -0.2) is 0 Å². The molecule has 0 aliphatic carbocycles. The summed E-state index contributed by atoms with van der Waals surface area (Å²) in [6.45, 7) is 7.37. The number of carbonyl (C=O) groups is 2. The molecule has 0 radical (unpaired) electrons. The fourth-order valence-electron chi connectivity index (χ4n) is 5.66. The standard InChI is InChI=1S/C32H35NO7/c1-7-11-24(34)38-30-27-23(40-32(3,4)31(30)39-25(35)12-8-2)17-22(37-6)26-28(27)33(5)21-16-19-14-10-9-13-18(19)15-20(21)29(26)36/h9-10,13-17,30-31H,7-8,11-12H2,1-6H3/t30-,31-/m0/s1. The highest BCUT2D eigenvalue weighted by atomic mass is 16.6. The van der Waals surface area contributed by atoms with E-state index in [1.54, 1.807) is 19.9 Å². The van der Waals surface area contributed by atoms with Crippen LogP contribution in [0.4, 0.5) is 0 Å². The van der Waals surface area contributed by atoms with Crippen LogP contribution in [-0.4, -0.2) is 35.3 Å². The summed E-state index contributed by atoms with van der Waals surface area (Å²) in [5, 5.41) is 2.80. The number of aryl methyl sites for hydroxylation is 1. The number of fused-ring (bicyclic) bond motifs is 5. The van der Waals surface area contributed by atoms with E-state index < -0.39 is 29.7 Å². The number of hydrogen-bond donors (Lipinski definition) is 0. The molecule has 5 rings (SSSR count). The quantitative estimate of drug-likeness (QED) is 0.204. The number of ether oxygens (including phenoxy) is 4. The van der Waals surface area contributed by atoms with Crippen molar-refractivity contribution in [3.63, 3.8) is 0 Å². The van der Waals surface area contributed by atoms with Gasteiger partial charge in [0, 0.05) is 31.3 Å². The van der Waals surface area contributed by atoms with Crippen LogP contribution in [0.3, 0.4) is 0 Å². The van der Waals surface area contributed by atoms with E-state index in [2.05, 4.69) is 0 Å². The normalized spacial score (nSPS) is 17.9. The van der Waals surface area contributed by atoms with E-state index in [4.69, 9.17) is 18.9 Å². The molecule has 0 bridgehead atoms. The maximum atomic E-state index is 14.1. The van der Waals surface area contributed by atoms with Crippen molar-refractivity contribution in [1.82, 2.24) is 4.57 Å². The predicted octanol–water partition coefficient (Wildman–Crippen LogP) is 6.12. The van der Waals surface area contributed by atoms with Gasteiger partial charge in [0.2, 0.25) is 5.43 Å². The van der Waals surface area contributed by atoms with Gasteiger partial charge >= 0.3 is 11.9 Å². The highest BCUT2D eigenvalue weighted by Gasteiger charge is 2.50. The van der Waals surface area contributed by atoms with Crippen LogP contribution in [-0.2, 0) is 26.1 Å². The summed E-state index contributed by atoms with van der Waals surface area (Å²) >= 11 is 0. The Kier molecular flexibility index (Phi) is 7.21. The van der Waals surface area contributed by atoms with Crippen LogP contribution in [0.2, 0.25) is 0 Å². The van der Waals surface area contributed by atoms with Gasteiger partial charge < -0.3 is 23.5 Å². The number of pyridine rings is 1. The van der Waals surface area contributed by atoms with Crippen LogP contribution >= 0.6 is 0 Å². The maximum absolute atomic E-state index is 14.1. The van der Waals surface area contributed by atoms with Crippen molar-refractivity contribution in [2.45, 2.75) is 71.2 Å². The van der Waals surface area contributed by atoms with Crippen molar-refractivity contribution in [2.24, 2.45) is 7.05 Å². The van der Waals surface area contributed by atoms with Crippen molar-refractivity contribution in [1.29, 1.82) is 0 Å². The van der Waals surface area contributed by atoms with E-state index in [1.807, 2.05) is 61.9 Å². The van der Waals surface area contributed by atoms with Gasteiger partial charge in [-0.1, -0.05) is 38.1 Å². The Morgan fingerprint density at radius 2 is 1.60 bits per heavy atom. The average molecular weight is 546 g/mol. The Morgan fingerprint density at radius 1 is 0.975 bits per heavy atom. The third kappa shape index (κ3) is 4.55. The molecule has 8 heteroatoms. The first-order chi connectivity index (χ1) is 19.1. The smallest absolute Gasteiger partial charge is 0.306 e. The first-order valence-corrected chi connectivity index (χ1v) is 13.7. The van der Waals surface area contributed by atoms with Gasteiger partial charge in [0.05, 0.1) is 29.1 Å². The molecular weight excluding hydrogens is 510 g/mol. The van der Waals surface area contributed by atoms with Gasteiger partial charge in [-0.3, -0.25) is 14.4 Å². The minimum Gasteiger partial charge on any atom is -0.496 e. The minimum absolute atomic E-state index is 0.199. The lowest BCUT2D eigenvalue weighted by molar-refractivity contribution is -0.190. The van der Waals surface area contributed by atoms with Crippen molar-refractivity contribution < 1.29 is 28.5 Å². The zero-order valence-electron chi connectivity index (χ0n) is 23.8. The number of methoxy groups -OCH3 is 1. The summed E-state index contributed by atoms with van der Waals surface area (Å²) in [6.07, 6.45) is -0.329. The summed E-state index contributed by atoms with van der Waals surface area (Å²) < 4.78 is 26.1. The van der Waals surface area contributed by atoms with E-state index >= 15 is 0 Å². The molecule has 4 aromatic rings. The Balaban J connectivity index is 1.88. The highest BCUT2D eigenvalue weighted by molar-refractivity contribution is 6.04. The van der Waals surface area contributed by atoms with Crippen LogP contribution in [0.25, 0.3) is 32.6 Å². The van der Waals surface area contributed by atoms with Crippen LogP contribution in [0, 0.1) is 0 Å². The van der Waals surface area contributed by atoms with Gasteiger partial charge in [0.1, 0.15) is 17.1 Å². The molecule has 0 saturated heterocycles. The predicted molar refractivity (Wildman–Crippen MR) is 154 cm³/mol. The van der Waals surface area contributed by atoms with Crippen molar-refractivity contribution in [2.75, 3.05) is 7.11 Å². The largest absolute Gasteiger partial charge is 0.496 e. The molecule has 1 aliphatic heterocycles. The summed E-state index contributed by atoms with van der Waals surface area (Å²) in [6, 6.07) is 13.4. The molecule has 0 unspecified atom stereocenters. The lowest BCUT2D eigenvalue weighted by Crippen LogP contribution is -2.52. The molecule has 1 aromatic heterocycles. The summed E-state index contributed by atoms with van der Waals surface area (Å²) in [5.74, 6) is -0.0805. The zero-order valence-corrected chi connectivity index (χ0v) is 23.8. The summed E-state index contributed by atoms with van der Waals surface area (Å²) in [5.41, 5.74) is 0.427. The summed E-state index contributed by atoms with van der Waals surface area (Å²) in [4.78, 5) is 39.8. The van der Waals surface area contributed by atoms with E-state index in [1.165, 1.54) is 7.11 Å². The van der Waals surface area contributed by atoms with Gasteiger partial charge in [-0.15, -0.1) is 0 Å². The van der Waals surface area contributed by atoms with Crippen LogP contribution in [0.5, 0.6) is 11.5 Å². The van der Waals surface area contributed by atoms with Crippen LogP contribution < -0.4 is 14.9 Å². The maximum Gasteiger partial charge on any atom is 0.306 e. The monoisotopic (exact) mass is 545 g/mol. The van der Waals surface area contributed by atoms with E-state index in [9.17, 15) is 14.4 Å². The molecule has 8 nitrogen and oxygen atoms in total. The van der Waals surface area contributed by atoms with Gasteiger partial charge in [0.25, 0.3) is 0 Å². The molecule has 0 fully saturated rings. The number of hydrogen-bond acceptors (Lipinski definition) is 7. The van der Waals surface area contributed by atoms with Crippen LogP contribution in [0.15, 0.2) is 47.3 Å². The number of benzene rings is 3. The fraction of sp³-hybridized carbons (Fsp3) is 0.406. The zero-order chi connectivity index (χ0) is 28.8. The van der Waals surface area contributed by atoms with Crippen molar-refractivity contribution in [3.05, 3.63) is 58.3 Å². The second-order valence-electron chi connectivity index (χ2n) is 10.8. The molecular formula is C32H35NO7. The third-order valence-corrected chi connectivity index (χ3v) is 7.56. The number of aromatic nitrogens is 1. The average Bonchev–Trinajstić information content (AvgIpc) is 2.91. The van der Waals surface area contributed by atoms with Gasteiger partial charge in [-0.2, -0.15) is 0 Å². The van der Waals surface area contributed by atoms with E-state index in [-0.39, 0.29) is 18.3 Å². The number of esters is 2. The fourth-order valence-corrected chi connectivity index (χ4v) is 5.66. The van der Waals surface area contributed by atoms with Gasteiger partial charge in [0.15, 0.2) is 12.2 Å². The van der Waals surface area contributed by atoms with Crippen molar-refractivity contribution in [3.8, 4) is 11.5 Å². The lowest BCUT2D eigenvalue weighted by Gasteiger charge is -2.44. The Hall–Kier alpha value is -4.07. The molecule has 1 aliphatic rings. The second-order valence-corrected chi connectivity index (χ2v) is 10.8. The topological polar surface area (TPSA) is 93.1 Å². The molecule has 0 amide bonds. The molecule has 2 heterocycles. The first-order valence-electron chi connectivity index (χ1n) is 13.7. The molecule has 210 valence electrons. The lowest BCUT2D eigenvalue weighted by atomic mass is 9.86. The first kappa shape index (κ1) is 27.5. The van der Waals surface area contributed by atoms with E-state index in [0.717, 1.165) is 10.8 Å². The SMILES string of the molecule is CCCC(=O)O[C@H]1c2c(cc(OC)c3c(=O)c4cc5ccccc5cc4n(C)c23)OC(C)(C)[C@H]1OC(=O)CCC. The Morgan fingerprint density at radius 3 is 2.23 bits per heavy atom. The number of rotatable bonds is 7. The highest BCUT2D eigenvalue weighted by Crippen LogP contribution is 2.49. The molecule has 0 saturated carbocycles. The number of carbonyl (C=O) groups excluding carboxylic acids is 2. The molecule has 0 spiro atoms.